The zero-order valence-electron chi connectivity index (χ0n) is 28.0. The Labute approximate surface area is 297 Å². The van der Waals surface area contributed by atoms with Crippen molar-refractivity contribution in [3.8, 4) is 50.2 Å². The van der Waals surface area contributed by atoms with Crippen LogP contribution in [-0.2, 0) is 0 Å². The van der Waals surface area contributed by atoms with Gasteiger partial charge in [0.25, 0.3) is 0 Å². The molecule has 238 valence electrons. The van der Waals surface area contributed by atoms with Gasteiger partial charge in [0.05, 0.1) is 11.0 Å². The maximum Gasteiger partial charge on any atom is 0.0541 e. The van der Waals surface area contributed by atoms with E-state index in [1.165, 1.54) is 93.5 Å². The van der Waals surface area contributed by atoms with E-state index in [2.05, 4.69) is 205 Å². The molecule has 0 saturated carbocycles. The van der Waals surface area contributed by atoms with E-state index in [1.807, 2.05) is 0 Å². The summed E-state index contributed by atoms with van der Waals surface area (Å²) in [6.07, 6.45) is 0. The smallest absolute Gasteiger partial charge is 0.0541 e. The molecule has 0 aliphatic heterocycles. The number of nitrogens with zero attached hydrogens (tertiary/aromatic N) is 1. The number of para-hydroxylation sites is 2. The number of aromatic nitrogens is 1. The fourth-order valence-electron chi connectivity index (χ4n) is 8.07. The highest BCUT2D eigenvalue weighted by Crippen LogP contribution is 2.45. The topological polar surface area (TPSA) is 4.93 Å². The van der Waals surface area contributed by atoms with E-state index in [0.717, 1.165) is 0 Å². The molecular formula is C50H33N. The molecular weight excluding hydrogens is 615 g/mol. The van der Waals surface area contributed by atoms with Crippen molar-refractivity contribution in [2.24, 2.45) is 0 Å². The Balaban J connectivity index is 1.14. The number of hydrogen-bond acceptors (Lipinski definition) is 0. The molecule has 1 heterocycles. The lowest BCUT2D eigenvalue weighted by molar-refractivity contribution is 1.18. The van der Waals surface area contributed by atoms with Gasteiger partial charge in [-0.05, 0) is 102 Å². The SMILES string of the molecule is c1ccc(-c2ccc(-c3c4ccccc4c(-c4cccc(-c5ccc6c(c5)c5ccccc5n6-c5ccccc5)c4)c4ccccc34)cc2)cc1. The highest BCUT2D eigenvalue weighted by molar-refractivity contribution is 6.21. The van der Waals surface area contributed by atoms with E-state index in [1.54, 1.807) is 0 Å². The molecule has 0 aliphatic rings. The Morgan fingerprint density at radius 3 is 1.33 bits per heavy atom. The summed E-state index contributed by atoms with van der Waals surface area (Å²) in [5.74, 6) is 0. The van der Waals surface area contributed by atoms with Crippen LogP contribution in [0.15, 0.2) is 200 Å². The Hall–Kier alpha value is -6.70. The molecule has 0 aliphatic carbocycles. The molecule has 0 N–H and O–H groups in total. The first-order valence-corrected chi connectivity index (χ1v) is 17.6. The van der Waals surface area contributed by atoms with E-state index in [9.17, 15) is 0 Å². The van der Waals surface area contributed by atoms with E-state index in [4.69, 9.17) is 0 Å². The van der Waals surface area contributed by atoms with Gasteiger partial charge in [0.2, 0.25) is 0 Å². The molecule has 0 radical (unpaired) electrons. The van der Waals surface area contributed by atoms with Gasteiger partial charge in [0.15, 0.2) is 0 Å². The van der Waals surface area contributed by atoms with Crippen LogP contribution >= 0.6 is 0 Å². The highest BCUT2D eigenvalue weighted by atomic mass is 15.0. The Kier molecular flexibility index (Phi) is 6.89. The normalized spacial score (nSPS) is 11.5. The van der Waals surface area contributed by atoms with Crippen LogP contribution in [0.1, 0.15) is 0 Å². The van der Waals surface area contributed by atoms with Crippen LogP contribution < -0.4 is 0 Å². The van der Waals surface area contributed by atoms with Crippen LogP contribution in [0, 0.1) is 0 Å². The molecule has 0 amide bonds. The number of benzene rings is 9. The van der Waals surface area contributed by atoms with E-state index >= 15 is 0 Å². The first-order valence-electron chi connectivity index (χ1n) is 17.6. The maximum absolute atomic E-state index is 2.38. The minimum absolute atomic E-state index is 1.17. The average molecular weight is 648 g/mol. The molecule has 1 heteroatoms. The summed E-state index contributed by atoms with van der Waals surface area (Å²) in [5.41, 5.74) is 13.5. The van der Waals surface area contributed by atoms with Crippen molar-refractivity contribution < 1.29 is 0 Å². The summed E-state index contributed by atoms with van der Waals surface area (Å²) < 4.78 is 2.37. The summed E-state index contributed by atoms with van der Waals surface area (Å²) in [6.45, 7) is 0. The third-order valence-electron chi connectivity index (χ3n) is 10.4. The lowest BCUT2D eigenvalue weighted by atomic mass is 9.85. The molecule has 0 fully saturated rings. The van der Waals surface area contributed by atoms with Crippen molar-refractivity contribution in [2.75, 3.05) is 0 Å². The van der Waals surface area contributed by atoms with E-state index in [0.29, 0.717) is 0 Å². The lowest BCUT2D eigenvalue weighted by Gasteiger charge is -2.18. The standard InChI is InChI=1S/C50H33N/c1-3-14-34(15-4-1)35-26-28-36(29-27-35)49-42-21-7-9-23-44(42)50(45-24-10-8-22-43(45)49)39-17-13-16-37(32-39)38-30-31-48-46(33-38)41-20-11-12-25-47(41)51(48)40-18-5-2-6-19-40/h1-33H. The molecule has 10 rings (SSSR count). The maximum atomic E-state index is 2.38. The number of rotatable bonds is 5. The predicted octanol–water partition coefficient (Wildman–Crippen LogP) is 13.8. The van der Waals surface area contributed by atoms with Gasteiger partial charge >= 0.3 is 0 Å². The number of fused-ring (bicyclic) bond motifs is 5. The minimum atomic E-state index is 1.17. The van der Waals surface area contributed by atoms with Gasteiger partial charge in [0.1, 0.15) is 0 Å². The summed E-state index contributed by atoms with van der Waals surface area (Å²) in [6, 6.07) is 72.9. The molecule has 9 aromatic carbocycles. The van der Waals surface area contributed by atoms with Crippen LogP contribution in [0.5, 0.6) is 0 Å². The Morgan fingerprint density at radius 1 is 0.235 bits per heavy atom. The van der Waals surface area contributed by atoms with Crippen molar-refractivity contribution >= 4 is 43.4 Å². The minimum Gasteiger partial charge on any atom is -0.309 e. The third-order valence-corrected chi connectivity index (χ3v) is 10.4. The second-order valence-corrected chi connectivity index (χ2v) is 13.3. The molecule has 0 atom stereocenters. The second kappa shape index (κ2) is 12.0. The molecule has 1 aromatic heterocycles. The zero-order valence-corrected chi connectivity index (χ0v) is 28.0. The first kappa shape index (κ1) is 29.2. The Morgan fingerprint density at radius 2 is 0.667 bits per heavy atom. The van der Waals surface area contributed by atoms with Gasteiger partial charge < -0.3 is 4.57 Å². The molecule has 0 spiro atoms. The van der Waals surface area contributed by atoms with E-state index in [-0.39, 0.29) is 0 Å². The lowest BCUT2D eigenvalue weighted by Crippen LogP contribution is -1.93. The van der Waals surface area contributed by atoms with Crippen LogP contribution in [0.3, 0.4) is 0 Å². The number of hydrogen-bond donors (Lipinski definition) is 0. The van der Waals surface area contributed by atoms with Crippen molar-refractivity contribution in [1.82, 2.24) is 4.57 Å². The summed E-state index contributed by atoms with van der Waals surface area (Å²) in [7, 11) is 0. The van der Waals surface area contributed by atoms with Crippen LogP contribution in [-0.4, -0.2) is 4.57 Å². The average Bonchev–Trinajstić information content (AvgIpc) is 3.54. The van der Waals surface area contributed by atoms with Crippen LogP contribution in [0.25, 0.3) is 93.5 Å². The molecule has 0 saturated heterocycles. The Bertz CT molecular complexity index is 2820. The summed E-state index contributed by atoms with van der Waals surface area (Å²) in [5, 5.41) is 7.57. The zero-order chi connectivity index (χ0) is 33.7. The first-order chi connectivity index (χ1) is 25.3. The van der Waals surface area contributed by atoms with Crippen LogP contribution in [0.4, 0.5) is 0 Å². The van der Waals surface area contributed by atoms with Crippen molar-refractivity contribution in [3.05, 3.63) is 200 Å². The monoisotopic (exact) mass is 647 g/mol. The van der Waals surface area contributed by atoms with Gasteiger partial charge in [-0.1, -0.05) is 164 Å². The summed E-state index contributed by atoms with van der Waals surface area (Å²) in [4.78, 5) is 0. The van der Waals surface area contributed by atoms with Crippen molar-refractivity contribution in [1.29, 1.82) is 0 Å². The molecule has 51 heavy (non-hydrogen) atoms. The van der Waals surface area contributed by atoms with Gasteiger partial charge in [-0.15, -0.1) is 0 Å². The van der Waals surface area contributed by atoms with Gasteiger partial charge in [-0.25, -0.2) is 0 Å². The van der Waals surface area contributed by atoms with Gasteiger partial charge in [0, 0.05) is 16.5 Å². The quantitative estimate of drug-likeness (QED) is 0.164. The third kappa shape index (κ3) is 4.86. The largest absolute Gasteiger partial charge is 0.309 e. The van der Waals surface area contributed by atoms with E-state index < -0.39 is 0 Å². The van der Waals surface area contributed by atoms with Crippen molar-refractivity contribution in [2.45, 2.75) is 0 Å². The fraction of sp³-hybridized carbons (Fsp3) is 0. The second-order valence-electron chi connectivity index (χ2n) is 13.3. The summed E-state index contributed by atoms with van der Waals surface area (Å²) >= 11 is 0. The van der Waals surface area contributed by atoms with Crippen LogP contribution in [0.2, 0.25) is 0 Å². The molecule has 0 unspecified atom stereocenters. The van der Waals surface area contributed by atoms with Crippen molar-refractivity contribution in [3.63, 3.8) is 0 Å². The van der Waals surface area contributed by atoms with Gasteiger partial charge in [-0.2, -0.15) is 0 Å². The highest BCUT2D eigenvalue weighted by Gasteiger charge is 2.18. The fourth-order valence-corrected chi connectivity index (χ4v) is 8.07. The molecule has 0 bridgehead atoms. The predicted molar refractivity (Wildman–Crippen MR) is 218 cm³/mol. The molecule has 1 nitrogen and oxygen atoms in total. The molecule has 10 aromatic rings. The van der Waals surface area contributed by atoms with Gasteiger partial charge in [-0.3, -0.25) is 0 Å².